The fourth-order valence-corrected chi connectivity index (χ4v) is 3.50. The van der Waals surface area contributed by atoms with E-state index in [0.717, 1.165) is 32.0 Å². The summed E-state index contributed by atoms with van der Waals surface area (Å²) in [5, 5.41) is 0. The van der Waals surface area contributed by atoms with Crippen LogP contribution in [0.2, 0.25) is 0 Å². The van der Waals surface area contributed by atoms with Gasteiger partial charge in [-0.2, -0.15) is 0 Å². The van der Waals surface area contributed by atoms with Crippen molar-refractivity contribution in [2.45, 2.75) is 33.6 Å². The van der Waals surface area contributed by atoms with Crippen LogP contribution in [0.25, 0.3) is 0 Å². The predicted molar refractivity (Wildman–Crippen MR) is 86.7 cm³/mol. The predicted octanol–water partition coefficient (Wildman–Crippen LogP) is 3.96. The number of halogens is 1. The fourth-order valence-electron chi connectivity index (χ4n) is 3.14. The summed E-state index contributed by atoms with van der Waals surface area (Å²) < 4.78 is 1.20. The highest BCUT2D eigenvalue weighted by Crippen LogP contribution is 2.39. The van der Waals surface area contributed by atoms with Gasteiger partial charge in [0, 0.05) is 23.2 Å². The van der Waals surface area contributed by atoms with Crippen LogP contribution in [-0.2, 0) is 0 Å². The first-order valence-corrected chi connectivity index (χ1v) is 7.94. The average Bonchev–Trinajstić information content (AvgIpc) is 2.35. The molecule has 1 unspecified atom stereocenters. The molecule has 106 valence electrons. The van der Waals surface area contributed by atoms with E-state index in [2.05, 4.69) is 59.8 Å². The first kappa shape index (κ1) is 14.9. The molecule has 1 atom stereocenters. The van der Waals surface area contributed by atoms with Crippen molar-refractivity contribution in [1.82, 2.24) is 0 Å². The molecule has 0 aliphatic carbocycles. The summed E-state index contributed by atoms with van der Waals surface area (Å²) in [6, 6.07) is 6.67. The van der Waals surface area contributed by atoms with Crippen molar-refractivity contribution in [1.29, 1.82) is 0 Å². The van der Waals surface area contributed by atoms with Crippen molar-refractivity contribution >= 4 is 21.6 Å². The summed E-state index contributed by atoms with van der Waals surface area (Å²) in [6.07, 6.45) is 2.40. The molecule has 2 N–H and O–H groups in total. The van der Waals surface area contributed by atoms with Crippen LogP contribution < -0.4 is 10.6 Å². The lowest BCUT2D eigenvalue weighted by Gasteiger charge is -2.45. The Labute approximate surface area is 125 Å². The number of hydrogen-bond donors (Lipinski definition) is 1. The number of nitrogens with two attached hydrogens (primary N) is 1. The van der Waals surface area contributed by atoms with E-state index in [0.29, 0.717) is 5.41 Å². The maximum atomic E-state index is 5.74. The number of benzene rings is 1. The highest BCUT2D eigenvalue weighted by molar-refractivity contribution is 9.10. The van der Waals surface area contributed by atoms with Gasteiger partial charge in [0.05, 0.1) is 0 Å². The summed E-state index contributed by atoms with van der Waals surface area (Å²) in [7, 11) is 0. The van der Waals surface area contributed by atoms with E-state index in [1.54, 1.807) is 0 Å². The molecule has 1 heterocycles. The van der Waals surface area contributed by atoms with Crippen LogP contribution in [-0.4, -0.2) is 19.6 Å². The number of hydrogen-bond acceptors (Lipinski definition) is 2. The Balaban J connectivity index is 2.13. The van der Waals surface area contributed by atoms with E-state index in [1.165, 1.54) is 22.1 Å². The van der Waals surface area contributed by atoms with Gasteiger partial charge in [0.15, 0.2) is 0 Å². The minimum atomic E-state index is 0.342. The lowest BCUT2D eigenvalue weighted by molar-refractivity contribution is 0.167. The standard InChI is InChI=1S/C16H25BrN2/c1-12-4-5-14(10-15(12)17)19-9-7-13(6-8-18)16(2,3)11-19/h4-5,10,13H,6-9,11,18H2,1-3H3. The van der Waals surface area contributed by atoms with Gasteiger partial charge in [-0.15, -0.1) is 0 Å². The Bertz CT molecular complexity index is 442. The Morgan fingerprint density at radius 3 is 2.74 bits per heavy atom. The van der Waals surface area contributed by atoms with Crippen molar-refractivity contribution in [3.63, 3.8) is 0 Å². The first-order valence-electron chi connectivity index (χ1n) is 7.15. The molecule has 19 heavy (non-hydrogen) atoms. The van der Waals surface area contributed by atoms with Crippen molar-refractivity contribution in [2.75, 3.05) is 24.5 Å². The third-order valence-corrected chi connectivity index (χ3v) is 5.34. The van der Waals surface area contributed by atoms with Gasteiger partial charge in [-0.1, -0.05) is 35.8 Å². The maximum Gasteiger partial charge on any atom is 0.0377 e. The lowest BCUT2D eigenvalue weighted by atomic mass is 9.72. The van der Waals surface area contributed by atoms with Crippen LogP contribution in [0.5, 0.6) is 0 Å². The van der Waals surface area contributed by atoms with Gasteiger partial charge in [-0.3, -0.25) is 0 Å². The van der Waals surface area contributed by atoms with Crippen LogP contribution in [0.4, 0.5) is 5.69 Å². The van der Waals surface area contributed by atoms with Crippen molar-refractivity contribution in [2.24, 2.45) is 17.1 Å². The topological polar surface area (TPSA) is 29.3 Å². The molecule has 0 spiro atoms. The maximum absolute atomic E-state index is 5.74. The third kappa shape index (κ3) is 3.32. The van der Waals surface area contributed by atoms with Gasteiger partial charge in [0.2, 0.25) is 0 Å². The van der Waals surface area contributed by atoms with E-state index in [4.69, 9.17) is 5.73 Å². The van der Waals surface area contributed by atoms with E-state index in [1.807, 2.05) is 0 Å². The second-order valence-corrected chi connectivity index (χ2v) is 7.26. The molecule has 0 radical (unpaired) electrons. The summed E-state index contributed by atoms with van der Waals surface area (Å²) >= 11 is 3.63. The highest BCUT2D eigenvalue weighted by atomic mass is 79.9. The van der Waals surface area contributed by atoms with Gasteiger partial charge in [0.25, 0.3) is 0 Å². The minimum Gasteiger partial charge on any atom is -0.371 e. The molecule has 1 aliphatic heterocycles. The molecule has 1 saturated heterocycles. The van der Waals surface area contributed by atoms with E-state index in [9.17, 15) is 0 Å². The highest BCUT2D eigenvalue weighted by Gasteiger charge is 2.35. The zero-order chi connectivity index (χ0) is 14.0. The Morgan fingerprint density at radius 2 is 2.16 bits per heavy atom. The summed E-state index contributed by atoms with van der Waals surface area (Å²) in [6.45, 7) is 9.96. The summed E-state index contributed by atoms with van der Waals surface area (Å²) in [4.78, 5) is 2.51. The molecule has 2 nitrogen and oxygen atoms in total. The molecule has 1 aliphatic rings. The summed E-state index contributed by atoms with van der Waals surface area (Å²) in [5.74, 6) is 0.752. The van der Waals surface area contributed by atoms with E-state index in [-0.39, 0.29) is 0 Å². The number of anilines is 1. The smallest absolute Gasteiger partial charge is 0.0377 e. The minimum absolute atomic E-state index is 0.342. The number of nitrogens with zero attached hydrogens (tertiary/aromatic N) is 1. The number of aryl methyl sites for hydroxylation is 1. The monoisotopic (exact) mass is 324 g/mol. The van der Waals surface area contributed by atoms with Crippen LogP contribution in [0.3, 0.4) is 0 Å². The van der Waals surface area contributed by atoms with E-state index >= 15 is 0 Å². The van der Waals surface area contributed by atoms with Crippen LogP contribution in [0, 0.1) is 18.3 Å². The third-order valence-electron chi connectivity index (χ3n) is 4.49. The van der Waals surface area contributed by atoms with Crippen LogP contribution >= 0.6 is 15.9 Å². The zero-order valence-electron chi connectivity index (χ0n) is 12.2. The van der Waals surface area contributed by atoms with Gasteiger partial charge >= 0.3 is 0 Å². The lowest BCUT2D eigenvalue weighted by Crippen LogP contribution is -2.46. The van der Waals surface area contributed by atoms with Crippen LogP contribution in [0.1, 0.15) is 32.3 Å². The molecule has 0 bridgehead atoms. The molecule has 1 aromatic rings. The summed E-state index contributed by atoms with van der Waals surface area (Å²) in [5.41, 5.74) is 8.71. The number of rotatable bonds is 3. The quantitative estimate of drug-likeness (QED) is 0.911. The Morgan fingerprint density at radius 1 is 1.42 bits per heavy atom. The van der Waals surface area contributed by atoms with Crippen molar-refractivity contribution < 1.29 is 0 Å². The molecular weight excluding hydrogens is 300 g/mol. The van der Waals surface area contributed by atoms with Gasteiger partial charge in [-0.25, -0.2) is 0 Å². The first-order chi connectivity index (χ1) is 8.94. The second-order valence-electron chi connectivity index (χ2n) is 6.41. The van der Waals surface area contributed by atoms with Gasteiger partial charge in [-0.05, 0) is 55.3 Å². The molecule has 2 rings (SSSR count). The molecule has 1 fully saturated rings. The average molecular weight is 325 g/mol. The Hall–Kier alpha value is -0.540. The molecule has 0 amide bonds. The fraction of sp³-hybridized carbons (Fsp3) is 0.625. The van der Waals surface area contributed by atoms with Crippen molar-refractivity contribution in [3.05, 3.63) is 28.2 Å². The normalized spacial score (nSPS) is 22.6. The molecule has 0 saturated carbocycles. The SMILES string of the molecule is Cc1ccc(N2CCC(CCN)C(C)(C)C2)cc1Br. The largest absolute Gasteiger partial charge is 0.371 e. The molecule has 3 heteroatoms. The molecular formula is C16H25BrN2. The van der Waals surface area contributed by atoms with E-state index < -0.39 is 0 Å². The van der Waals surface area contributed by atoms with Gasteiger partial charge < -0.3 is 10.6 Å². The number of piperidine rings is 1. The van der Waals surface area contributed by atoms with Gasteiger partial charge in [0.1, 0.15) is 0 Å². The zero-order valence-corrected chi connectivity index (χ0v) is 13.8. The molecule has 1 aromatic carbocycles. The van der Waals surface area contributed by atoms with Crippen LogP contribution in [0.15, 0.2) is 22.7 Å². The van der Waals surface area contributed by atoms with Crippen molar-refractivity contribution in [3.8, 4) is 0 Å². The second kappa shape index (κ2) is 5.84. The molecule has 0 aromatic heterocycles. The Kier molecular flexibility index (Phi) is 4.57.